The van der Waals surface area contributed by atoms with E-state index < -0.39 is 39.0 Å². The number of pyridine rings is 1. The Morgan fingerprint density at radius 3 is 2.66 bits per heavy atom. The van der Waals surface area contributed by atoms with Crippen LogP contribution < -0.4 is 0 Å². The summed E-state index contributed by atoms with van der Waals surface area (Å²) >= 11 is 0. The Morgan fingerprint density at radius 1 is 1.31 bits per heavy atom. The number of H-pyrrole nitrogens is 1. The third kappa shape index (κ3) is 4.25. The molecule has 1 fully saturated rings. The second-order valence-corrected chi connectivity index (χ2v) is 10.7. The average Bonchev–Trinajstić information content (AvgIpc) is 3.28. The van der Waals surface area contributed by atoms with E-state index in [4.69, 9.17) is 5.41 Å². The van der Waals surface area contributed by atoms with E-state index >= 15 is 0 Å². The van der Waals surface area contributed by atoms with Crippen molar-refractivity contribution in [1.82, 2.24) is 19.5 Å². The molecule has 0 bridgehead atoms. The lowest BCUT2D eigenvalue weighted by atomic mass is 9.60. The first-order valence-corrected chi connectivity index (χ1v) is 12.3. The molecule has 0 radical (unpaired) electrons. The molecule has 0 aromatic carbocycles. The Hall–Kier alpha value is -3.12. The summed E-state index contributed by atoms with van der Waals surface area (Å²) in [6, 6.07) is 1.32. The van der Waals surface area contributed by atoms with Gasteiger partial charge in [0.1, 0.15) is 5.69 Å². The van der Waals surface area contributed by atoms with E-state index in [0.717, 1.165) is 35.2 Å². The van der Waals surface area contributed by atoms with Crippen molar-refractivity contribution in [2.45, 2.75) is 44.8 Å². The molecule has 2 N–H and O–H groups in total. The predicted octanol–water partition coefficient (Wildman–Crippen LogP) is 4.00. The molecule has 186 valence electrons. The SMILES string of the molecule is C/C=C(\C=N)S(=O)(=O)N(C)[C@H]1CCC2=Cc3[nH]ncc3C[C@]2(C(=O)c2ccc(C(F)(F)F)cn2)C1. The highest BCUT2D eigenvalue weighted by Crippen LogP contribution is 2.50. The maximum atomic E-state index is 13.9. The van der Waals surface area contributed by atoms with Crippen molar-refractivity contribution in [2.24, 2.45) is 5.41 Å². The third-order valence-corrected chi connectivity index (χ3v) is 8.89. The maximum Gasteiger partial charge on any atom is 0.417 e. The Bertz CT molecular complexity index is 1330. The summed E-state index contributed by atoms with van der Waals surface area (Å²) in [5.41, 5.74) is 0.0202. The van der Waals surface area contributed by atoms with Gasteiger partial charge >= 0.3 is 6.18 Å². The second-order valence-electron chi connectivity index (χ2n) is 8.75. The number of hydrogen-bond acceptors (Lipinski definition) is 6. The molecular formula is C23H24F3N5O3S. The lowest BCUT2D eigenvalue weighted by Gasteiger charge is -2.45. The van der Waals surface area contributed by atoms with Gasteiger partial charge in [0.15, 0.2) is 5.78 Å². The van der Waals surface area contributed by atoms with Crippen LogP contribution in [0.4, 0.5) is 13.2 Å². The van der Waals surface area contributed by atoms with E-state index in [1.54, 1.807) is 6.20 Å². The molecule has 2 aliphatic carbocycles. The Kier molecular flexibility index (Phi) is 6.30. The van der Waals surface area contributed by atoms with Crippen LogP contribution in [0.15, 0.2) is 41.1 Å². The first-order chi connectivity index (χ1) is 16.4. The molecule has 1 saturated carbocycles. The molecular weight excluding hydrogens is 483 g/mol. The van der Waals surface area contributed by atoms with Crippen molar-refractivity contribution in [3.8, 4) is 0 Å². The van der Waals surface area contributed by atoms with Crippen LogP contribution in [0, 0.1) is 10.8 Å². The van der Waals surface area contributed by atoms with E-state index in [1.165, 1.54) is 24.4 Å². The molecule has 2 aromatic heterocycles. The zero-order valence-electron chi connectivity index (χ0n) is 19.1. The first kappa shape index (κ1) is 25.0. The summed E-state index contributed by atoms with van der Waals surface area (Å²) in [6.45, 7) is 1.52. The van der Waals surface area contributed by atoms with Crippen molar-refractivity contribution < 1.29 is 26.4 Å². The summed E-state index contributed by atoms with van der Waals surface area (Å²) in [5, 5.41) is 14.4. The van der Waals surface area contributed by atoms with Gasteiger partial charge in [0.2, 0.25) is 10.0 Å². The van der Waals surface area contributed by atoms with E-state index in [9.17, 15) is 26.4 Å². The van der Waals surface area contributed by atoms with E-state index in [0.29, 0.717) is 19.0 Å². The molecule has 2 heterocycles. The van der Waals surface area contributed by atoms with Crippen LogP contribution >= 0.6 is 0 Å². The quantitative estimate of drug-likeness (QED) is 0.452. The van der Waals surface area contributed by atoms with Gasteiger partial charge in [-0.2, -0.15) is 22.6 Å². The van der Waals surface area contributed by atoms with Gasteiger partial charge in [-0.15, -0.1) is 0 Å². The number of alkyl halides is 3. The number of aromatic amines is 1. The highest BCUT2D eigenvalue weighted by molar-refractivity contribution is 7.93. The number of allylic oxidation sites excluding steroid dienone is 3. The number of Topliss-reactive ketones (excluding diaryl/α,β-unsaturated/α-hetero) is 1. The second kappa shape index (κ2) is 8.83. The van der Waals surface area contributed by atoms with Gasteiger partial charge < -0.3 is 5.41 Å². The fourth-order valence-electron chi connectivity index (χ4n) is 4.92. The minimum atomic E-state index is -4.58. The molecule has 0 spiro atoms. The van der Waals surface area contributed by atoms with Crippen molar-refractivity contribution in [3.05, 3.63) is 63.6 Å². The van der Waals surface area contributed by atoms with E-state index in [-0.39, 0.29) is 23.4 Å². The predicted molar refractivity (Wildman–Crippen MR) is 123 cm³/mol. The number of rotatable bonds is 6. The topological polar surface area (TPSA) is 120 Å². The number of fused-ring (bicyclic) bond motifs is 2. The van der Waals surface area contributed by atoms with Gasteiger partial charge in [-0.25, -0.2) is 8.42 Å². The number of carbonyl (C=O) groups is 1. The molecule has 2 atom stereocenters. The lowest BCUT2D eigenvalue weighted by Crippen LogP contribution is -2.49. The fraction of sp³-hybridized carbons (Fsp3) is 0.391. The van der Waals surface area contributed by atoms with E-state index in [2.05, 4.69) is 15.2 Å². The minimum absolute atomic E-state index is 0.115. The number of sulfonamides is 1. The molecule has 35 heavy (non-hydrogen) atoms. The Labute approximate surface area is 200 Å². The summed E-state index contributed by atoms with van der Waals surface area (Å²) in [6.07, 6.45) is 2.76. The Balaban J connectivity index is 1.75. The van der Waals surface area contributed by atoms with Gasteiger partial charge in [0.05, 0.1) is 27.8 Å². The molecule has 0 saturated heterocycles. The van der Waals surface area contributed by atoms with Gasteiger partial charge in [-0.05, 0) is 56.4 Å². The van der Waals surface area contributed by atoms with Crippen LogP contribution in [-0.4, -0.2) is 53.0 Å². The molecule has 2 aromatic rings. The molecule has 8 nitrogen and oxygen atoms in total. The number of aromatic nitrogens is 3. The number of halogens is 3. The largest absolute Gasteiger partial charge is 0.417 e. The molecule has 12 heteroatoms. The third-order valence-electron chi connectivity index (χ3n) is 6.88. The Morgan fingerprint density at radius 2 is 2.06 bits per heavy atom. The molecule has 0 amide bonds. The molecule has 4 rings (SSSR count). The zero-order chi connectivity index (χ0) is 25.6. The minimum Gasteiger partial charge on any atom is -0.307 e. The summed E-state index contributed by atoms with van der Waals surface area (Å²) in [4.78, 5) is 17.6. The van der Waals surface area contributed by atoms with Crippen molar-refractivity contribution >= 4 is 28.1 Å². The molecule has 2 aliphatic rings. The monoisotopic (exact) mass is 507 g/mol. The molecule has 0 unspecified atom stereocenters. The van der Waals surface area contributed by atoms with E-state index in [1.807, 2.05) is 6.08 Å². The fourth-order valence-corrected chi connectivity index (χ4v) is 6.27. The van der Waals surface area contributed by atoms with Crippen LogP contribution in [0.2, 0.25) is 0 Å². The highest BCUT2D eigenvalue weighted by Gasteiger charge is 2.51. The van der Waals surface area contributed by atoms with Crippen LogP contribution in [0.25, 0.3) is 6.08 Å². The van der Waals surface area contributed by atoms with Crippen LogP contribution in [0.1, 0.15) is 53.5 Å². The van der Waals surface area contributed by atoms with Gasteiger partial charge in [0.25, 0.3) is 0 Å². The van der Waals surface area contributed by atoms with Crippen LogP contribution in [0.3, 0.4) is 0 Å². The van der Waals surface area contributed by atoms with Crippen LogP contribution in [0.5, 0.6) is 0 Å². The van der Waals surface area contributed by atoms with Crippen LogP contribution in [-0.2, 0) is 22.6 Å². The maximum absolute atomic E-state index is 13.9. The smallest absolute Gasteiger partial charge is 0.307 e. The summed E-state index contributed by atoms with van der Waals surface area (Å²) < 4.78 is 66.4. The molecule has 0 aliphatic heterocycles. The summed E-state index contributed by atoms with van der Waals surface area (Å²) in [7, 11) is -2.55. The zero-order valence-corrected chi connectivity index (χ0v) is 19.9. The van der Waals surface area contributed by atoms with Gasteiger partial charge in [-0.1, -0.05) is 11.6 Å². The average molecular weight is 508 g/mol. The van der Waals surface area contributed by atoms with Crippen molar-refractivity contribution in [3.63, 3.8) is 0 Å². The number of ketones is 1. The highest BCUT2D eigenvalue weighted by atomic mass is 32.2. The number of nitrogens with zero attached hydrogens (tertiary/aromatic N) is 3. The number of carbonyl (C=O) groups excluding carboxylic acids is 1. The van der Waals surface area contributed by atoms with Crippen molar-refractivity contribution in [2.75, 3.05) is 7.05 Å². The van der Waals surface area contributed by atoms with Crippen molar-refractivity contribution in [1.29, 1.82) is 5.41 Å². The van der Waals surface area contributed by atoms with Gasteiger partial charge in [0, 0.05) is 25.5 Å². The van der Waals surface area contributed by atoms with Gasteiger partial charge in [-0.3, -0.25) is 14.9 Å². The normalized spacial score (nSPS) is 22.9. The first-order valence-electron chi connectivity index (χ1n) is 10.9. The number of nitrogens with one attached hydrogen (secondary N) is 2. The standard InChI is InChI=1S/C23H24F3N5O3S/c1-3-18(11-27)35(33,34)31(2)17-6-4-15-8-20-14(12-29-30-20)9-22(15,10-17)21(32)19-7-5-16(13-28-19)23(24,25)26/h3,5,7-8,11-13,17,27H,4,6,9-10H2,1-2H3,(H,29,30)/b18-3+,27-11?/t17-,22-/m0/s1. The summed E-state index contributed by atoms with van der Waals surface area (Å²) in [5.74, 6) is -0.460. The lowest BCUT2D eigenvalue weighted by molar-refractivity contribution is -0.137. The number of hydrogen-bond donors (Lipinski definition) is 2.